The largest absolute Gasteiger partial charge is 0.494 e. The molecular formula is C15H11F3N2O. The number of nitriles is 1. The van der Waals surface area contributed by atoms with E-state index < -0.39 is 17.5 Å². The van der Waals surface area contributed by atoms with Crippen LogP contribution in [0, 0.1) is 28.8 Å². The predicted octanol–water partition coefficient (Wildman–Crippen LogP) is 3.60. The van der Waals surface area contributed by atoms with E-state index in [1.165, 1.54) is 19.2 Å². The molecule has 108 valence electrons. The van der Waals surface area contributed by atoms with Gasteiger partial charge in [0.1, 0.15) is 23.2 Å². The molecule has 2 aromatic rings. The fourth-order valence-corrected chi connectivity index (χ4v) is 1.83. The van der Waals surface area contributed by atoms with Gasteiger partial charge in [0.05, 0.1) is 24.4 Å². The molecule has 2 rings (SSSR count). The molecule has 0 aromatic heterocycles. The summed E-state index contributed by atoms with van der Waals surface area (Å²) in [5.41, 5.74) is 0.107. The average Bonchev–Trinajstić information content (AvgIpc) is 2.47. The van der Waals surface area contributed by atoms with Gasteiger partial charge in [0.25, 0.3) is 0 Å². The lowest BCUT2D eigenvalue weighted by molar-refractivity contribution is 0.413. The molecule has 0 fully saturated rings. The van der Waals surface area contributed by atoms with Crippen molar-refractivity contribution in [3.05, 3.63) is 58.9 Å². The second kappa shape index (κ2) is 6.18. The van der Waals surface area contributed by atoms with Crippen LogP contribution in [0.15, 0.2) is 30.3 Å². The van der Waals surface area contributed by atoms with Gasteiger partial charge < -0.3 is 10.1 Å². The first kappa shape index (κ1) is 14.7. The highest BCUT2D eigenvalue weighted by molar-refractivity contribution is 5.56. The maximum atomic E-state index is 13.7. The monoisotopic (exact) mass is 292 g/mol. The zero-order chi connectivity index (χ0) is 15.4. The Balaban J connectivity index is 2.23. The first-order valence-electron chi connectivity index (χ1n) is 6.00. The quantitative estimate of drug-likeness (QED) is 0.936. The molecule has 6 heteroatoms. The smallest absolute Gasteiger partial charge is 0.144 e. The maximum Gasteiger partial charge on any atom is 0.144 e. The van der Waals surface area contributed by atoms with E-state index in [0.29, 0.717) is 5.69 Å². The lowest BCUT2D eigenvalue weighted by Gasteiger charge is -2.12. The minimum Gasteiger partial charge on any atom is -0.494 e. The van der Waals surface area contributed by atoms with Gasteiger partial charge in [-0.1, -0.05) is 0 Å². The standard InChI is InChI=1S/C15H11F3N2O/c1-21-15-6-10(16)2-3-14(15)20-8-11-12(17)4-9(7-19)5-13(11)18/h2-6,20H,8H2,1H3. The van der Waals surface area contributed by atoms with Gasteiger partial charge in [-0.3, -0.25) is 0 Å². The van der Waals surface area contributed by atoms with E-state index in [0.717, 1.165) is 18.2 Å². The number of rotatable bonds is 4. The minimum absolute atomic E-state index is 0.0897. The second-order valence-electron chi connectivity index (χ2n) is 4.23. The molecule has 0 saturated carbocycles. The highest BCUT2D eigenvalue weighted by atomic mass is 19.1. The molecular weight excluding hydrogens is 281 g/mol. The van der Waals surface area contributed by atoms with Crippen LogP contribution in [0.25, 0.3) is 0 Å². The Morgan fingerprint density at radius 2 is 1.81 bits per heavy atom. The van der Waals surface area contributed by atoms with Crippen molar-refractivity contribution in [2.45, 2.75) is 6.54 Å². The third kappa shape index (κ3) is 3.26. The Kier molecular flexibility index (Phi) is 4.33. The summed E-state index contributed by atoms with van der Waals surface area (Å²) < 4.78 is 45.5. The first-order chi connectivity index (χ1) is 10.0. The number of nitrogens with one attached hydrogen (secondary N) is 1. The molecule has 2 aromatic carbocycles. The van der Waals surface area contributed by atoms with Gasteiger partial charge in [0, 0.05) is 18.2 Å². The van der Waals surface area contributed by atoms with Crippen LogP contribution >= 0.6 is 0 Å². The number of halogens is 3. The number of anilines is 1. The fraction of sp³-hybridized carbons (Fsp3) is 0.133. The number of ether oxygens (including phenoxy) is 1. The zero-order valence-corrected chi connectivity index (χ0v) is 11.1. The summed E-state index contributed by atoms with van der Waals surface area (Å²) in [5, 5.41) is 11.4. The van der Waals surface area contributed by atoms with Gasteiger partial charge in [-0.05, 0) is 24.3 Å². The normalized spacial score (nSPS) is 10.0. The fourth-order valence-electron chi connectivity index (χ4n) is 1.83. The van der Waals surface area contributed by atoms with Crippen LogP contribution in [0.1, 0.15) is 11.1 Å². The van der Waals surface area contributed by atoms with E-state index in [9.17, 15) is 13.2 Å². The number of benzene rings is 2. The van der Waals surface area contributed by atoms with Crippen molar-refractivity contribution in [2.24, 2.45) is 0 Å². The first-order valence-corrected chi connectivity index (χ1v) is 6.00. The molecule has 0 bridgehead atoms. The molecule has 0 aliphatic heterocycles. The van der Waals surface area contributed by atoms with Crippen LogP contribution in [0.4, 0.5) is 18.9 Å². The molecule has 0 radical (unpaired) electrons. The molecule has 0 aliphatic carbocycles. The number of nitrogens with zero attached hydrogens (tertiary/aromatic N) is 1. The lowest BCUT2D eigenvalue weighted by atomic mass is 10.1. The summed E-state index contributed by atoms with van der Waals surface area (Å²) >= 11 is 0. The Bertz CT molecular complexity index is 688. The molecule has 3 nitrogen and oxygen atoms in total. The van der Waals surface area contributed by atoms with Crippen molar-refractivity contribution in [3.8, 4) is 11.8 Å². The Morgan fingerprint density at radius 1 is 1.14 bits per heavy atom. The van der Waals surface area contributed by atoms with Gasteiger partial charge in [0.2, 0.25) is 0 Å². The lowest BCUT2D eigenvalue weighted by Crippen LogP contribution is -2.06. The Labute approximate surface area is 119 Å². The molecule has 0 unspecified atom stereocenters. The van der Waals surface area contributed by atoms with Crippen molar-refractivity contribution < 1.29 is 17.9 Å². The summed E-state index contributed by atoms with van der Waals surface area (Å²) in [6.07, 6.45) is 0. The Morgan fingerprint density at radius 3 is 2.38 bits per heavy atom. The summed E-state index contributed by atoms with van der Waals surface area (Å²) in [4.78, 5) is 0. The Hall–Kier alpha value is -2.68. The SMILES string of the molecule is COc1cc(F)ccc1NCc1c(F)cc(C#N)cc1F. The van der Waals surface area contributed by atoms with E-state index >= 15 is 0 Å². The minimum atomic E-state index is -0.819. The van der Waals surface area contributed by atoms with Gasteiger partial charge >= 0.3 is 0 Å². The van der Waals surface area contributed by atoms with E-state index in [-0.39, 0.29) is 23.4 Å². The van der Waals surface area contributed by atoms with Gasteiger partial charge in [0.15, 0.2) is 0 Å². The van der Waals surface area contributed by atoms with Crippen LogP contribution in [0.2, 0.25) is 0 Å². The number of hydrogen-bond acceptors (Lipinski definition) is 3. The molecule has 0 spiro atoms. The highest BCUT2D eigenvalue weighted by Crippen LogP contribution is 2.26. The second-order valence-corrected chi connectivity index (χ2v) is 4.23. The number of methoxy groups -OCH3 is 1. The van der Waals surface area contributed by atoms with Crippen molar-refractivity contribution >= 4 is 5.69 Å². The number of hydrogen-bond donors (Lipinski definition) is 1. The van der Waals surface area contributed by atoms with Gasteiger partial charge in [-0.2, -0.15) is 5.26 Å². The third-order valence-electron chi connectivity index (χ3n) is 2.89. The van der Waals surface area contributed by atoms with Crippen molar-refractivity contribution in [2.75, 3.05) is 12.4 Å². The molecule has 0 saturated heterocycles. The van der Waals surface area contributed by atoms with E-state index in [1.807, 2.05) is 0 Å². The van der Waals surface area contributed by atoms with E-state index in [4.69, 9.17) is 10.00 Å². The summed E-state index contributed by atoms with van der Waals surface area (Å²) in [6.45, 7) is -0.161. The zero-order valence-electron chi connectivity index (χ0n) is 11.1. The van der Waals surface area contributed by atoms with Crippen LogP contribution in [-0.4, -0.2) is 7.11 Å². The molecule has 1 N–H and O–H groups in total. The van der Waals surface area contributed by atoms with Gasteiger partial charge in [-0.15, -0.1) is 0 Å². The molecule has 0 aliphatic rings. The van der Waals surface area contributed by atoms with Gasteiger partial charge in [-0.25, -0.2) is 13.2 Å². The summed E-state index contributed by atoms with van der Waals surface area (Å²) in [7, 11) is 1.36. The highest BCUT2D eigenvalue weighted by Gasteiger charge is 2.12. The van der Waals surface area contributed by atoms with Crippen LogP contribution < -0.4 is 10.1 Å². The third-order valence-corrected chi connectivity index (χ3v) is 2.89. The molecule has 0 amide bonds. The average molecular weight is 292 g/mol. The van der Waals surface area contributed by atoms with Crippen LogP contribution in [-0.2, 0) is 6.54 Å². The predicted molar refractivity (Wildman–Crippen MR) is 71.4 cm³/mol. The van der Waals surface area contributed by atoms with Crippen LogP contribution in [0.5, 0.6) is 5.75 Å². The van der Waals surface area contributed by atoms with Crippen molar-refractivity contribution in [3.63, 3.8) is 0 Å². The molecule has 21 heavy (non-hydrogen) atoms. The van der Waals surface area contributed by atoms with Crippen molar-refractivity contribution in [1.82, 2.24) is 0 Å². The van der Waals surface area contributed by atoms with Crippen molar-refractivity contribution in [1.29, 1.82) is 5.26 Å². The van der Waals surface area contributed by atoms with E-state index in [2.05, 4.69) is 5.32 Å². The maximum absolute atomic E-state index is 13.7. The molecule has 0 heterocycles. The topological polar surface area (TPSA) is 45.0 Å². The summed E-state index contributed by atoms with van der Waals surface area (Å²) in [5.74, 6) is -1.89. The van der Waals surface area contributed by atoms with Crippen LogP contribution in [0.3, 0.4) is 0 Å². The van der Waals surface area contributed by atoms with E-state index in [1.54, 1.807) is 6.07 Å². The summed E-state index contributed by atoms with van der Waals surface area (Å²) in [6, 6.07) is 7.37. The molecule has 0 atom stereocenters.